The lowest BCUT2D eigenvalue weighted by molar-refractivity contribution is 0.623. The van der Waals surface area contributed by atoms with Gasteiger partial charge in [-0.15, -0.1) is 0 Å². The Labute approximate surface area is 98.7 Å². The molecule has 2 aromatic rings. The summed E-state index contributed by atoms with van der Waals surface area (Å²) >= 11 is 6.02. The zero-order chi connectivity index (χ0) is 11.7. The van der Waals surface area contributed by atoms with Crippen molar-refractivity contribution >= 4 is 17.3 Å². The van der Waals surface area contributed by atoms with Gasteiger partial charge in [-0.2, -0.15) is 0 Å². The van der Waals surface area contributed by atoms with Crippen molar-refractivity contribution < 1.29 is 4.39 Å². The normalized spacial score (nSPS) is 10.4. The Morgan fingerprint density at radius 1 is 1.06 bits per heavy atom. The highest BCUT2D eigenvalue weighted by Gasteiger charge is 2.11. The van der Waals surface area contributed by atoms with E-state index in [0.29, 0.717) is 27.4 Å². The predicted octanol–water partition coefficient (Wildman–Crippen LogP) is 4.04. The molecular formula is C13H11ClFN. The van der Waals surface area contributed by atoms with E-state index in [9.17, 15) is 4.39 Å². The van der Waals surface area contributed by atoms with Gasteiger partial charge in [0.1, 0.15) is 5.82 Å². The second-order valence-corrected chi connectivity index (χ2v) is 4.03. The minimum Gasteiger partial charge on any atom is -0.398 e. The highest BCUT2D eigenvalue weighted by atomic mass is 35.5. The van der Waals surface area contributed by atoms with Crippen molar-refractivity contribution in [1.82, 2.24) is 0 Å². The van der Waals surface area contributed by atoms with E-state index in [0.717, 1.165) is 0 Å². The van der Waals surface area contributed by atoms with Gasteiger partial charge in [0.2, 0.25) is 0 Å². The van der Waals surface area contributed by atoms with Gasteiger partial charge in [0.15, 0.2) is 0 Å². The summed E-state index contributed by atoms with van der Waals surface area (Å²) in [5, 5.41) is 0.533. The lowest BCUT2D eigenvalue weighted by Crippen LogP contribution is -1.95. The second kappa shape index (κ2) is 4.14. The van der Waals surface area contributed by atoms with Crippen LogP contribution in [0.2, 0.25) is 5.02 Å². The van der Waals surface area contributed by atoms with Crippen LogP contribution in [0.5, 0.6) is 0 Å². The van der Waals surface area contributed by atoms with Gasteiger partial charge in [-0.25, -0.2) is 4.39 Å². The van der Waals surface area contributed by atoms with Gasteiger partial charge >= 0.3 is 0 Å². The average Bonchev–Trinajstić information content (AvgIpc) is 2.28. The minimum atomic E-state index is -0.312. The van der Waals surface area contributed by atoms with Crippen molar-refractivity contribution in [3.8, 4) is 11.1 Å². The molecule has 3 heteroatoms. The molecule has 0 aliphatic heterocycles. The molecule has 2 aromatic carbocycles. The third kappa shape index (κ3) is 1.76. The molecule has 0 spiro atoms. The Morgan fingerprint density at radius 2 is 1.75 bits per heavy atom. The molecule has 0 aromatic heterocycles. The molecule has 0 radical (unpaired) electrons. The second-order valence-electron chi connectivity index (χ2n) is 3.62. The maximum Gasteiger partial charge on any atom is 0.136 e. The summed E-state index contributed by atoms with van der Waals surface area (Å²) in [6.45, 7) is 1.66. The van der Waals surface area contributed by atoms with E-state index in [4.69, 9.17) is 17.3 Å². The van der Waals surface area contributed by atoms with Crippen LogP contribution in [0.15, 0.2) is 36.4 Å². The maximum atomic E-state index is 14.0. The molecule has 0 atom stereocenters. The van der Waals surface area contributed by atoms with Crippen molar-refractivity contribution in [1.29, 1.82) is 0 Å². The molecule has 0 fully saturated rings. The van der Waals surface area contributed by atoms with Crippen LogP contribution in [0.25, 0.3) is 11.1 Å². The fraction of sp³-hybridized carbons (Fsp3) is 0.0769. The Morgan fingerprint density at radius 3 is 2.44 bits per heavy atom. The Hall–Kier alpha value is -1.54. The number of hydrogen-bond acceptors (Lipinski definition) is 1. The van der Waals surface area contributed by atoms with Gasteiger partial charge in [-0.3, -0.25) is 0 Å². The topological polar surface area (TPSA) is 26.0 Å². The number of anilines is 1. The van der Waals surface area contributed by atoms with Crippen molar-refractivity contribution in [2.45, 2.75) is 6.92 Å². The number of nitrogens with two attached hydrogens (primary N) is 1. The number of hydrogen-bond donors (Lipinski definition) is 1. The summed E-state index contributed by atoms with van der Waals surface area (Å²) in [6, 6.07) is 10.5. The summed E-state index contributed by atoms with van der Waals surface area (Å²) in [6.07, 6.45) is 0. The van der Waals surface area contributed by atoms with E-state index >= 15 is 0 Å². The van der Waals surface area contributed by atoms with Gasteiger partial charge in [-0.05, 0) is 25.1 Å². The summed E-state index contributed by atoms with van der Waals surface area (Å²) in [7, 11) is 0. The van der Waals surface area contributed by atoms with Crippen LogP contribution in [0.4, 0.5) is 10.1 Å². The van der Waals surface area contributed by atoms with Crippen molar-refractivity contribution in [2.75, 3.05) is 5.73 Å². The molecule has 2 N–H and O–H groups in total. The molecule has 16 heavy (non-hydrogen) atoms. The summed E-state index contributed by atoms with van der Waals surface area (Å²) in [5.41, 5.74) is 7.71. The number of halogens is 2. The molecule has 0 saturated heterocycles. The molecule has 82 valence electrons. The van der Waals surface area contributed by atoms with Crippen molar-refractivity contribution in [3.05, 3.63) is 52.8 Å². The van der Waals surface area contributed by atoms with E-state index in [2.05, 4.69) is 0 Å². The summed E-state index contributed by atoms with van der Waals surface area (Å²) < 4.78 is 14.0. The van der Waals surface area contributed by atoms with E-state index in [1.54, 1.807) is 31.2 Å². The van der Waals surface area contributed by atoms with E-state index in [1.807, 2.05) is 12.1 Å². The molecule has 0 unspecified atom stereocenters. The van der Waals surface area contributed by atoms with Crippen LogP contribution < -0.4 is 5.73 Å². The van der Waals surface area contributed by atoms with Crippen LogP contribution in [0.3, 0.4) is 0 Å². The molecule has 0 aliphatic rings. The molecular weight excluding hydrogens is 225 g/mol. The molecule has 0 bridgehead atoms. The monoisotopic (exact) mass is 235 g/mol. The lowest BCUT2D eigenvalue weighted by atomic mass is 10.0. The fourth-order valence-electron chi connectivity index (χ4n) is 1.59. The summed E-state index contributed by atoms with van der Waals surface area (Å²) in [5.74, 6) is -0.312. The van der Waals surface area contributed by atoms with Gasteiger partial charge in [0.25, 0.3) is 0 Å². The van der Waals surface area contributed by atoms with Gasteiger partial charge < -0.3 is 5.73 Å². The van der Waals surface area contributed by atoms with Gasteiger partial charge in [-0.1, -0.05) is 29.8 Å². The number of benzene rings is 2. The smallest absolute Gasteiger partial charge is 0.136 e. The van der Waals surface area contributed by atoms with Gasteiger partial charge in [0, 0.05) is 27.4 Å². The molecule has 2 rings (SSSR count). The van der Waals surface area contributed by atoms with E-state index in [-0.39, 0.29) is 5.82 Å². The quantitative estimate of drug-likeness (QED) is 0.742. The van der Waals surface area contributed by atoms with Crippen LogP contribution in [-0.2, 0) is 0 Å². The van der Waals surface area contributed by atoms with Crippen LogP contribution in [0, 0.1) is 12.7 Å². The first-order chi connectivity index (χ1) is 7.61. The third-order valence-corrected chi connectivity index (χ3v) is 2.92. The zero-order valence-electron chi connectivity index (χ0n) is 8.80. The minimum absolute atomic E-state index is 0.312. The highest BCUT2D eigenvalue weighted by Crippen LogP contribution is 2.32. The van der Waals surface area contributed by atoms with Gasteiger partial charge in [0.05, 0.1) is 0 Å². The first-order valence-electron chi connectivity index (χ1n) is 4.90. The first kappa shape index (κ1) is 11.0. The zero-order valence-corrected chi connectivity index (χ0v) is 9.55. The molecule has 0 aliphatic carbocycles. The van der Waals surface area contributed by atoms with Crippen molar-refractivity contribution in [2.24, 2.45) is 0 Å². The van der Waals surface area contributed by atoms with Crippen LogP contribution in [-0.4, -0.2) is 0 Å². The summed E-state index contributed by atoms with van der Waals surface area (Å²) in [4.78, 5) is 0. The van der Waals surface area contributed by atoms with Crippen LogP contribution in [0.1, 0.15) is 5.56 Å². The Kier molecular flexibility index (Phi) is 2.84. The SMILES string of the molecule is Cc1c(N)ccc(-c2ccccc2Cl)c1F. The van der Waals surface area contributed by atoms with Crippen molar-refractivity contribution in [3.63, 3.8) is 0 Å². The molecule has 0 heterocycles. The molecule has 0 amide bonds. The lowest BCUT2D eigenvalue weighted by Gasteiger charge is -2.09. The first-order valence-corrected chi connectivity index (χ1v) is 5.28. The van der Waals surface area contributed by atoms with E-state index in [1.165, 1.54) is 0 Å². The van der Waals surface area contributed by atoms with E-state index < -0.39 is 0 Å². The highest BCUT2D eigenvalue weighted by molar-refractivity contribution is 6.33. The number of nitrogen functional groups attached to an aromatic ring is 1. The Balaban J connectivity index is 2.66. The largest absolute Gasteiger partial charge is 0.398 e. The third-order valence-electron chi connectivity index (χ3n) is 2.59. The average molecular weight is 236 g/mol. The Bertz CT molecular complexity index is 537. The maximum absolute atomic E-state index is 14.0. The van der Waals surface area contributed by atoms with Crippen LogP contribution >= 0.6 is 11.6 Å². The number of rotatable bonds is 1. The standard InChI is InChI=1S/C13H11ClFN/c1-8-12(16)7-6-10(13(8)15)9-4-2-3-5-11(9)14/h2-7H,16H2,1H3. The molecule has 1 nitrogen and oxygen atoms in total. The molecule has 0 saturated carbocycles. The predicted molar refractivity (Wildman–Crippen MR) is 66.0 cm³/mol. The fourth-order valence-corrected chi connectivity index (χ4v) is 1.83.